The van der Waals surface area contributed by atoms with Crippen LogP contribution in [-0.4, -0.2) is 49.3 Å². The number of benzene rings is 1. The van der Waals surface area contributed by atoms with Crippen molar-refractivity contribution in [3.8, 4) is 0 Å². The molecule has 1 aromatic carbocycles. The highest BCUT2D eigenvalue weighted by Crippen LogP contribution is 2.21. The maximum absolute atomic E-state index is 12.3. The molecule has 1 atom stereocenters. The van der Waals surface area contributed by atoms with Gasteiger partial charge in [-0.2, -0.15) is 0 Å². The van der Waals surface area contributed by atoms with Gasteiger partial charge in [0.05, 0.1) is 23.9 Å². The Balaban J connectivity index is 1.56. The molecule has 0 saturated carbocycles. The van der Waals surface area contributed by atoms with Gasteiger partial charge in [0, 0.05) is 24.5 Å². The molecule has 2 aromatic rings. The van der Waals surface area contributed by atoms with Crippen molar-refractivity contribution in [2.45, 2.75) is 26.9 Å². The molecule has 1 aliphatic rings. The number of hydrogen-bond acceptors (Lipinski definition) is 7. The summed E-state index contributed by atoms with van der Waals surface area (Å²) < 4.78 is 10.6. The molecule has 1 aliphatic heterocycles. The van der Waals surface area contributed by atoms with Gasteiger partial charge in [0.15, 0.2) is 6.10 Å². The van der Waals surface area contributed by atoms with E-state index in [0.717, 1.165) is 37.0 Å². The zero-order valence-electron chi connectivity index (χ0n) is 15.7. The first kappa shape index (κ1) is 19.3. The summed E-state index contributed by atoms with van der Waals surface area (Å²) in [5, 5.41) is 3.57. The Morgan fingerprint density at radius 2 is 1.89 bits per heavy atom. The Morgan fingerprint density at radius 1 is 1.22 bits per heavy atom. The first-order valence-corrected chi connectivity index (χ1v) is 9.64. The van der Waals surface area contributed by atoms with Crippen LogP contribution < -0.4 is 10.2 Å². The van der Waals surface area contributed by atoms with Crippen LogP contribution in [0.1, 0.15) is 27.3 Å². The summed E-state index contributed by atoms with van der Waals surface area (Å²) >= 11 is 1.26. The number of morpholine rings is 1. The van der Waals surface area contributed by atoms with Crippen molar-refractivity contribution in [3.63, 3.8) is 0 Å². The van der Waals surface area contributed by atoms with E-state index >= 15 is 0 Å². The van der Waals surface area contributed by atoms with Crippen LogP contribution in [0.2, 0.25) is 0 Å². The van der Waals surface area contributed by atoms with Crippen molar-refractivity contribution >= 4 is 34.6 Å². The first-order chi connectivity index (χ1) is 12.9. The van der Waals surface area contributed by atoms with Crippen LogP contribution in [0.5, 0.6) is 0 Å². The number of rotatable bonds is 5. The average Bonchev–Trinajstić information content (AvgIpc) is 3.01. The van der Waals surface area contributed by atoms with Gasteiger partial charge in [0.2, 0.25) is 0 Å². The zero-order chi connectivity index (χ0) is 19.4. The number of esters is 1. The molecular weight excluding hydrogens is 366 g/mol. The molecule has 1 fully saturated rings. The van der Waals surface area contributed by atoms with Crippen LogP contribution in [0.4, 0.5) is 11.4 Å². The summed E-state index contributed by atoms with van der Waals surface area (Å²) in [6.45, 7) is 8.29. The molecule has 3 rings (SSSR count). The first-order valence-electron chi connectivity index (χ1n) is 8.82. The minimum atomic E-state index is -0.904. The van der Waals surface area contributed by atoms with E-state index in [-0.39, 0.29) is 5.91 Å². The van der Waals surface area contributed by atoms with Crippen LogP contribution >= 0.6 is 11.3 Å². The number of carbonyl (C=O) groups excluding carboxylic acids is 2. The van der Waals surface area contributed by atoms with Crippen LogP contribution in [0.3, 0.4) is 0 Å². The predicted octanol–water partition coefficient (Wildman–Crippen LogP) is 2.78. The molecule has 0 aliphatic carbocycles. The van der Waals surface area contributed by atoms with Crippen molar-refractivity contribution in [3.05, 3.63) is 39.8 Å². The quantitative estimate of drug-likeness (QED) is 0.792. The van der Waals surface area contributed by atoms with E-state index in [4.69, 9.17) is 9.47 Å². The van der Waals surface area contributed by atoms with E-state index in [2.05, 4.69) is 15.2 Å². The fourth-order valence-corrected chi connectivity index (χ4v) is 3.61. The molecule has 7 nitrogen and oxygen atoms in total. The van der Waals surface area contributed by atoms with E-state index in [1.807, 2.05) is 31.2 Å². The largest absolute Gasteiger partial charge is 0.448 e. The normalized spacial score (nSPS) is 15.3. The molecule has 0 spiro atoms. The van der Waals surface area contributed by atoms with E-state index in [0.29, 0.717) is 16.3 Å². The number of carbonyl (C=O) groups is 2. The molecule has 1 N–H and O–H groups in total. The number of thiazole rings is 1. The summed E-state index contributed by atoms with van der Waals surface area (Å²) in [6.07, 6.45) is -0.904. The molecule has 0 unspecified atom stereocenters. The minimum absolute atomic E-state index is 0.374. The maximum Gasteiger partial charge on any atom is 0.351 e. The molecule has 8 heteroatoms. The summed E-state index contributed by atoms with van der Waals surface area (Å²) in [6, 6.07) is 7.60. The van der Waals surface area contributed by atoms with Gasteiger partial charge in [-0.3, -0.25) is 4.79 Å². The minimum Gasteiger partial charge on any atom is -0.448 e. The van der Waals surface area contributed by atoms with Gasteiger partial charge in [0.25, 0.3) is 5.91 Å². The molecule has 1 amide bonds. The van der Waals surface area contributed by atoms with Gasteiger partial charge in [-0.05, 0) is 45.0 Å². The fraction of sp³-hybridized carbons (Fsp3) is 0.421. The standard InChI is InChI=1S/C19H23N3O4S/c1-12-17(27-14(3)20-12)19(24)26-13(2)18(23)21-15-4-6-16(7-5-15)22-8-10-25-11-9-22/h4-7,13H,8-11H2,1-3H3,(H,21,23)/t13-/m1/s1. The topological polar surface area (TPSA) is 80.8 Å². The van der Waals surface area contributed by atoms with Crippen LogP contribution in [0.15, 0.2) is 24.3 Å². The van der Waals surface area contributed by atoms with Gasteiger partial charge in [-0.1, -0.05) is 0 Å². The van der Waals surface area contributed by atoms with E-state index in [9.17, 15) is 9.59 Å². The molecular formula is C19H23N3O4S. The van der Waals surface area contributed by atoms with Gasteiger partial charge in [-0.15, -0.1) is 11.3 Å². The third-order valence-electron chi connectivity index (χ3n) is 4.25. The summed E-state index contributed by atoms with van der Waals surface area (Å²) in [4.78, 5) is 31.4. The van der Waals surface area contributed by atoms with E-state index in [1.54, 1.807) is 13.8 Å². The Labute approximate surface area is 162 Å². The van der Waals surface area contributed by atoms with Gasteiger partial charge in [-0.25, -0.2) is 9.78 Å². The van der Waals surface area contributed by atoms with Gasteiger partial charge >= 0.3 is 5.97 Å². The van der Waals surface area contributed by atoms with Gasteiger partial charge < -0.3 is 19.7 Å². The van der Waals surface area contributed by atoms with E-state index in [1.165, 1.54) is 11.3 Å². The molecule has 2 heterocycles. The lowest BCUT2D eigenvalue weighted by molar-refractivity contribution is -0.123. The van der Waals surface area contributed by atoms with Crippen LogP contribution in [0, 0.1) is 13.8 Å². The molecule has 1 saturated heterocycles. The Hall–Kier alpha value is -2.45. The van der Waals surface area contributed by atoms with E-state index < -0.39 is 12.1 Å². The average molecular weight is 389 g/mol. The molecule has 144 valence electrons. The molecule has 27 heavy (non-hydrogen) atoms. The van der Waals surface area contributed by atoms with Crippen molar-refractivity contribution < 1.29 is 19.1 Å². The second-order valence-corrected chi connectivity index (χ2v) is 7.53. The molecule has 0 bridgehead atoms. The summed E-state index contributed by atoms with van der Waals surface area (Å²) in [5.41, 5.74) is 2.37. The van der Waals surface area contributed by atoms with Crippen molar-refractivity contribution in [2.24, 2.45) is 0 Å². The highest BCUT2D eigenvalue weighted by atomic mass is 32.1. The number of anilines is 2. The lowest BCUT2D eigenvalue weighted by atomic mass is 10.2. The smallest absolute Gasteiger partial charge is 0.351 e. The summed E-state index contributed by atoms with van der Waals surface area (Å²) in [5.74, 6) is -0.898. The third-order valence-corrected chi connectivity index (χ3v) is 5.31. The fourth-order valence-electron chi connectivity index (χ4n) is 2.81. The number of hydrogen-bond donors (Lipinski definition) is 1. The molecule has 1 aromatic heterocycles. The van der Waals surface area contributed by atoms with Crippen LogP contribution in [-0.2, 0) is 14.3 Å². The number of aryl methyl sites for hydroxylation is 2. The number of nitrogens with one attached hydrogen (secondary N) is 1. The highest BCUT2D eigenvalue weighted by Gasteiger charge is 2.22. The number of nitrogens with zero attached hydrogens (tertiary/aromatic N) is 2. The van der Waals surface area contributed by atoms with Crippen LogP contribution in [0.25, 0.3) is 0 Å². The lowest BCUT2D eigenvalue weighted by Gasteiger charge is -2.28. The monoisotopic (exact) mass is 389 g/mol. The van der Waals surface area contributed by atoms with Crippen molar-refractivity contribution in [1.82, 2.24) is 4.98 Å². The Morgan fingerprint density at radius 3 is 2.48 bits per heavy atom. The Bertz CT molecular complexity index is 813. The number of amides is 1. The maximum atomic E-state index is 12.3. The predicted molar refractivity (Wildman–Crippen MR) is 105 cm³/mol. The highest BCUT2D eigenvalue weighted by molar-refractivity contribution is 7.13. The number of ether oxygens (including phenoxy) is 2. The molecule has 0 radical (unpaired) electrons. The second-order valence-electron chi connectivity index (χ2n) is 6.33. The van der Waals surface area contributed by atoms with Crippen molar-refractivity contribution in [2.75, 3.05) is 36.5 Å². The Kier molecular flexibility index (Phi) is 6.08. The third kappa shape index (κ3) is 4.84. The second kappa shape index (κ2) is 8.49. The zero-order valence-corrected chi connectivity index (χ0v) is 16.5. The SMILES string of the molecule is Cc1nc(C)c(C(=O)O[C@H](C)C(=O)Nc2ccc(N3CCOCC3)cc2)s1. The number of aromatic nitrogens is 1. The lowest BCUT2D eigenvalue weighted by Crippen LogP contribution is -2.36. The van der Waals surface area contributed by atoms with Crippen molar-refractivity contribution in [1.29, 1.82) is 0 Å². The van der Waals surface area contributed by atoms with Gasteiger partial charge in [0.1, 0.15) is 4.88 Å². The summed E-state index contributed by atoms with van der Waals surface area (Å²) in [7, 11) is 0.